The fourth-order valence-corrected chi connectivity index (χ4v) is 15.9. The summed E-state index contributed by atoms with van der Waals surface area (Å²) >= 11 is 23.2. The van der Waals surface area contributed by atoms with Gasteiger partial charge in [-0.2, -0.15) is 15.5 Å². The molecule has 672 valence electrons. The summed E-state index contributed by atoms with van der Waals surface area (Å²) in [5.41, 5.74) is 11.0. The summed E-state index contributed by atoms with van der Waals surface area (Å²) in [4.78, 5) is 115. The maximum Gasteiger partial charge on any atom is 1.00 e. The van der Waals surface area contributed by atoms with Gasteiger partial charge in [-0.3, -0.25) is 19.2 Å². The van der Waals surface area contributed by atoms with Gasteiger partial charge in [0, 0.05) is 56.8 Å². The van der Waals surface area contributed by atoms with Gasteiger partial charge in [0.25, 0.3) is 6.47 Å². The minimum absolute atomic E-state index is 0. The molecule has 2 aliphatic carbocycles. The summed E-state index contributed by atoms with van der Waals surface area (Å²) in [6.07, 6.45) is 14.1. The van der Waals surface area contributed by atoms with Crippen molar-refractivity contribution in [3.8, 4) is 12.1 Å². The number of carboxylic acid groups (broad SMARTS) is 2. The minimum atomic E-state index is -1.54. The fraction of sp³-hybridized carbons (Fsp3) is 0.352. The van der Waals surface area contributed by atoms with Crippen LogP contribution < -0.4 is 77.2 Å². The third-order valence-electron chi connectivity index (χ3n) is 21.7. The number of aliphatic imine (C=N–C) groups is 1. The molecule has 4 heterocycles. The molecule has 0 bridgehead atoms. The number of nitrogens with one attached hydrogen (secondary N) is 7. The number of aliphatic carboxylic acids is 2. The number of nitrogens with two attached hydrogens (primary N) is 1. The summed E-state index contributed by atoms with van der Waals surface area (Å²) in [6.45, 7) is 7.55. The number of benzene rings is 8. The van der Waals surface area contributed by atoms with Gasteiger partial charge in [-0.25, -0.2) is 41.7 Å². The number of rotatable bonds is 23. The maximum absolute atomic E-state index is 15.4. The number of urea groups is 3. The van der Waals surface area contributed by atoms with Crippen molar-refractivity contribution in [2.24, 2.45) is 22.6 Å². The Morgan fingerprint density at radius 3 is 1.32 bits per heavy atom. The number of likely N-dealkylation sites (tertiary alicyclic amines) is 3. The Labute approximate surface area is 791 Å². The van der Waals surface area contributed by atoms with Gasteiger partial charge in [-0.05, 0) is 284 Å². The van der Waals surface area contributed by atoms with Crippen LogP contribution in [0.4, 0.5) is 57.3 Å². The molecule has 7 atom stereocenters. The molecule has 8 aromatic rings. The summed E-state index contributed by atoms with van der Waals surface area (Å²) in [7, 11) is -1.54. The number of halogens is 7. The smallest absolute Gasteiger partial charge is 0.662 e. The largest absolute Gasteiger partial charge is 1.00 e. The molecular formula is C91H98Cl5F2N14NaO14S. The molecule has 4 aliphatic heterocycles. The number of hydrogen-bond acceptors (Lipinski definition) is 17. The van der Waals surface area contributed by atoms with Crippen molar-refractivity contribution >= 4 is 158 Å². The van der Waals surface area contributed by atoms with Crippen molar-refractivity contribution in [1.82, 2.24) is 24.7 Å². The standard InChI is InChI=1S/C35H39ClFN5O3S.C31H31ClFN5O2.C12H13ClN2O3.C7H4ClNO.C5H9NO2.CH2O3.ClH.Na/c1-34(2,3)46(45)41-35(18-17-23-9-10-23,25-7-4-6-24(20-25)22-38)26-11-16-29(37)30(21-26)40-32(43)31-8-5-19-42(31)33(44)39-28-14-12-27(36)13-15-28;32-24-9-11-25(12-10-24)36-30(40)38-16-2-5-28(38)29(39)37-27-18-23(8-13-26(27)33)31(35,15-14-20-6-7-20)22-4-1-3-21(17-22)19-34;13-8-3-5-9(6-4-8)14-12(18)15-7-1-2-10(15)11(16)17;8-6-1-3-7(4-2-6)9-5-10;7-5(8)4-2-1-3-6-4;2-1-4-3;;/h4,6-7,11-16,20-21,23,31,41H,5,8-10,17-19H2,1-3H3,(H,39,44)(H,40,43);1,3-4,8-13,17-18,20,28H,2,5-7,14-16,35H2,(H,36,40)(H,37,39);3-6,10H,1-2,7H2,(H,14,18)(H,16,17);1-4H;4,6H,1-3H2,(H,7,8);1,3H;1H;/q;;;;;;;+1/p-1/t31?,35?,46-;28-,31?;10-;;4-;;;/m100.0.../s1. The van der Waals surface area contributed by atoms with E-state index in [-0.39, 0.29) is 71.9 Å². The van der Waals surface area contributed by atoms with Crippen LogP contribution in [-0.4, -0.2) is 139 Å². The predicted molar refractivity (Wildman–Crippen MR) is 484 cm³/mol. The van der Waals surface area contributed by atoms with Crippen LogP contribution in [0.5, 0.6) is 0 Å². The molecule has 0 radical (unpaired) electrons. The summed E-state index contributed by atoms with van der Waals surface area (Å²) in [6, 6.07) is 50.6. The predicted octanol–water partition coefficient (Wildman–Crippen LogP) is 14.3. The Bertz CT molecular complexity index is 5300. The van der Waals surface area contributed by atoms with Crippen LogP contribution in [0.15, 0.2) is 187 Å². The molecule has 11 N–H and O–H groups in total. The zero-order valence-electron chi connectivity index (χ0n) is 70.6. The second-order valence-corrected chi connectivity index (χ2v) is 35.4. The number of carbonyl (C=O) groups is 8. The van der Waals surface area contributed by atoms with Gasteiger partial charge < -0.3 is 72.7 Å². The van der Waals surface area contributed by atoms with E-state index in [9.17, 15) is 53.1 Å². The molecule has 6 aliphatic rings. The van der Waals surface area contributed by atoms with Gasteiger partial charge in [0.15, 0.2) is 0 Å². The first-order valence-corrected chi connectivity index (χ1v) is 43.4. The van der Waals surface area contributed by atoms with Gasteiger partial charge in [0.2, 0.25) is 17.9 Å². The second kappa shape index (κ2) is 50.5. The Balaban J connectivity index is 0.000000244. The summed E-state index contributed by atoms with van der Waals surface area (Å²) in [5.74, 6) is -2.72. The van der Waals surface area contributed by atoms with E-state index in [0.717, 1.165) is 56.2 Å². The number of hydrogen-bond donors (Lipinski definition) is 10. The number of isocyanates is 1. The van der Waals surface area contributed by atoms with E-state index in [4.69, 9.17) is 72.4 Å². The topological polar surface area (TPSA) is 423 Å². The van der Waals surface area contributed by atoms with E-state index in [1.54, 1.807) is 158 Å². The van der Waals surface area contributed by atoms with Crippen LogP contribution in [-0.2, 0) is 55.7 Å². The van der Waals surface area contributed by atoms with Crippen molar-refractivity contribution < 1.29 is 106 Å². The monoisotopic (exact) mass is 1880 g/mol. The van der Waals surface area contributed by atoms with Crippen molar-refractivity contribution in [1.29, 1.82) is 10.5 Å². The number of amides is 8. The van der Waals surface area contributed by atoms with Gasteiger partial charge in [-0.15, -0.1) is 12.4 Å². The molecule has 128 heavy (non-hydrogen) atoms. The molecule has 8 amide bonds. The molecule has 4 saturated heterocycles. The minimum Gasteiger partial charge on any atom is -0.662 e. The molecule has 37 heteroatoms. The molecule has 14 rings (SSSR count). The summed E-state index contributed by atoms with van der Waals surface area (Å²) in [5, 5.41) is 63.8. The molecule has 28 nitrogen and oxygen atoms in total. The van der Waals surface area contributed by atoms with Crippen LogP contribution in [0, 0.1) is 46.1 Å². The van der Waals surface area contributed by atoms with Crippen molar-refractivity contribution in [2.45, 2.75) is 163 Å². The number of anilines is 5. The van der Waals surface area contributed by atoms with E-state index >= 15 is 8.78 Å². The van der Waals surface area contributed by atoms with Gasteiger partial charge in [-0.1, -0.05) is 108 Å². The quantitative estimate of drug-likeness (QED) is 0.00710. The SMILES string of the molecule is CC(C)(C)[S@@](=O)NC(CCC1CC1)(c1cccc(C#N)c1)c1ccc(F)c(NC(=O)C2CCCN2C(=O)Nc2ccc(Cl)cc2)c1.Cl.N#Cc1cccc(C(N)(CCC2CC2)c2ccc(F)c(NC(=O)[C@@H]3CCCN3C(=O)Nc3ccc(Cl)cc3)c2)c1.O=C(O)[C@@H]1CCCN1.O=C(O)[C@@H]1CCCN1C(=O)Nc1ccc(Cl)cc1.O=C=Nc1ccc(Cl)cc1.O=CO[O-].[Na+]. The molecule has 0 spiro atoms. The first-order valence-electron chi connectivity index (χ1n) is 40.7. The normalized spacial score (nSPS) is 17.5. The number of carboxylic acids is 2. The molecule has 2 saturated carbocycles. The fourth-order valence-electron chi connectivity index (χ4n) is 14.5. The Hall–Kier alpha value is -10.4. The van der Waals surface area contributed by atoms with Gasteiger partial charge in [0.05, 0.1) is 67.1 Å². The Morgan fingerprint density at radius 1 is 0.555 bits per heavy atom. The van der Waals surface area contributed by atoms with E-state index in [1.165, 1.54) is 45.8 Å². The molecular weight excluding hydrogens is 1780 g/mol. The third kappa shape index (κ3) is 30.9. The van der Waals surface area contributed by atoms with Crippen molar-refractivity contribution in [3.63, 3.8) is 0 Å². The third-order valence-corrected chi connectivity index (χ3v) is 24.3. The zero-order chi connectivity index (χ0) is 91.3. The van der Waals surface area contributed by atoms with Crippen LogP contribution in [0.3, 0.4) is 0 Å². The Kier molecular flexibility index (Phi) is 41.3. The average molecular weight is 1880 g/mol. The number of carbonyl (C=O) groups excluding carboxylic acids is 7. The van der Waals surface area contributed by atoms with Crippen molar-refractivity contribution in [2.75, 3.05) is 52.8 Å². The number of nitrogens with zero attached hydrogens (tertiary/aromatic N) is 6. The second-order valence-electron chi connectivity index (χ2n) is 31.6. The van der Waals surface area contributed by atoms with Crippen LogP contribution >= 0.6 is 58.8 Å². The molecule has 8 aromatic carbocycles. The zero-order valence-corrected chi connectivity index (χ0v) is 77.3. The van der Waals surface area contributed by atoms with E-state index in [1.807, 2.05) is 32.9 Å². The number of nitriles is 2. The molecule has 0 aromatic heterocycles. The maximum atomic E-state index is 15.4. The van der Waals surface area contributed by atoms with Crippen LogP contribution in [0.25, 0.3) is 0 Å². The first kappa shape index (κ1) is 105. The Morgan fingerprint density at radius 2 is 0.938 bits per heavy atom. The molecule has 3 unspecified atom stereocenters. The van der Waals surface area contributed by atoms with Crippen LogP contribution in [0.1, 0.15) is 157 Å². The van der Waals surface area contributed by atoms with Gasteiger partial charge in [0.1, 0.15) is 35.8 Å². The first-order chi connectivity index (χ1) is 60.3. The summed E-state index contributed by atoms with van der Waals surface area (Å²) < 4.78 is 47.0. The van der Waals surface area contributed by atoms with E-state index in [0.29, 0.717) is 148 Å². The molecule has 6 fully saturated rings. The van der Waals surface area contributed by atoms with E-state index in [2.05, 4.69) is 58.6 Å². The average Bonchev–Trinajstić information content (AvgIpc) is 1.00. The van der Waals surface area contributed by atoms with Gasteiger partial charge >= 0.3 is 59.6 Å². The van der Waals surface area contributed by atoms with E-state index < -0.39 is 92.4 Å². The van der Waals surface area contributed by atoms with Crippen molar-refractivity contribution in [3.05, 3.63) is 247 Å². The van der Waals surface area contributed by atoms with Crippen LogP contribution in [0.2, 0.25) is 20.1 Å².